The van der Waals surface area contributed by atoms with Gasteiger partial charge in [0.1, 0.15) is 0 Å². The average molecular weight is 1260 g/mol. The van der Waals surface area contributed by atoms with E-state index < -0.39 is 51.1 Å². The normalized spacial score (nSPS) is 13.0. The Balaban J connectivity index is 0.000000161. The van der Waals surface area contributed by atoms with Crippen LogP contribution in [-0.2, 0) is 53.0 Å². The molecule has 0 fully saturated rings. The minimum absolute atomic E-state index is 0. The largest absolute Gasteiger partial charge is 0.147 e. The Morgan fingerprint density at radius 1 is 0.318 bits per heavy atom. The molecule has 0 heterocycles. The fraction of sp³-hybridized carbons (Fsp3) is 0.0667. The maximum atomic E-state index is 2.50. The van der Waals surface area contributed by atoms with E-state index in [-0.39, 0.29) is 24.8 Å². The van der Waals surface area contributed by atoms with Gasteiger partial charge in [-0.3, -0.25) is 0 Å². The summed E-state index contributed by atoms with van der Waals surface area (Å²) >= 11 is -5.00. The number of hydrogen-bond acceptors (Lipinski definition) is 0. The summed E-state index contributed by atoms with van der Waals surface area (Å²) in [5.41, 5.74) is 10.3. The van der Waals surface area contributed by atoms with E-state index in [1.54, 1.807) is 45.2 Å². The molecule has 4 aliphatic carbocycles. The van der Waals surface area contributed by atoms with Crippen LogP contribution < -0.4 is 27.4 Å². The summed E-state index contributed by atoms with van der Waals surface area (Å²) in [7, 11) is 0. The Morgan fingerprint density at radius 3 is 0.970 bits per heavy atom. The standard InChI is InChI=1S/2C13H9.2C12H10Si.2C5H5.2ClH.2Hf/c2*1-3-7-12-10(5-1)9-11-6-2-4-8-13(11)12;2*1-3-7-11(8-4-1)13-12-9-5-2-6-10-12;2*1-2-4-5-3-1;;;;/h2*1-5,7-8H,9H2;2*1-10H;2*1-3H,4H2;2*1H;;. The number of benzene rings is 8. The van der Waals surface area contributed by atoms with Crippen LogP contribution in [0.25, 0.3) is 22.3 Å². The van der Waals surface area contributed by atoms with Gasteiger partial charge in [-0.05, 0) is 0 Å². The summed E-state index contributed by atoms with van der Waals surface area (Å²) < 4.78 is 7.00. The number of halogens is 2. The van der Waals surface area contributed by atoms with Crippen LogP contribution in [0, 0.1) is 0 Å². The molecule has 320 valence electrons. The van der Waals surface area contributed by atoms with E-state index in [1.807, 2.05) is 0 Å². The van der Waals surface area contributed by atoms with E-state index in [1.165, 1.54) is 33.4 Å². The van der Waals surface area contributed by atoms with Crippen molar-refractivity contribution in [1.82, 2.24) is 0 Å². The molecule has 0 bridgehead atoms. The van der Waals surface area contributed by atoms with Crippen molar-refractivity contribution in [3.63, 3.8) is 0 Å². The number of rotatable bonds is 8. The molecule has 8 aromatic rings. The van der Waals surface area contributed by atoms with Crippen LogP contribution in [0.5, 0.6) is 0 Å². The van der Waals surface area contributed by atoms with Crippen molar-refractivity contribution in [2.75, 3.05) is 0 Å². The zero-order chi connectivity index (χ0) is 42.7. The third kappa shape index (κ3) is 9.35. The molecule has 0 saturated heterocycles. The predicted octanol–water partition coefficient (Wildman–Crippen LogP) is 11.1. The minimum Gasteiger partial charge on any atom is -0.147 e. The quantitative estimate of drug-likeness (QED) is 0.133. The van der Waals surface area contributed by atoms with Gasteiger partial charge < -0.3 is 0 Å². The molecule has 66 heavy (non-hydrogen) atoms. The smallest absolute Gasteiger partial charge is 0.147 e. The first-order valence-corrected chi connectivity index (χ1v) is 43.6. The van der Waals surface area contributed by atoms with Gasteiger partial charge in [-0.15, -0.1) is 24.8 Å². The van der Waals surface area contributed by atoms with E-state index in [0.717, 1.165) is 25.7 Å². The third-order valence-electron chi connectivity index (χ3n) is 13.2. The Morgan fingerprint density at radius 2 is 0.636 bits per heavy atom. The van der Waals surface area contributed by atoms with Crippen molar-refractivity contribution < 1.29 is 40.1 Å². The molecule has 0 aliphatic heterocycles. The molecule has 0 nitrogen and oxygen atoms in total. The fourth-order valence-electron chi connectivity index (χ4n) is 10.3. The molecule has 0 radical (unpaired) electrons. The Hall–Kier alpha value is -4.53. The van der Waals surface area contributed by atoms with Crippen molar-refractivity contribution in [3.8, 4) is 22.3 Å². The van der Waals surface area contributed by atoms with Crippen molar-refractivity contribution in [3.05, 3.63) is 272 Å². The molecule has 8 aromatic carbocycles. The molecular formula is C60H50Cl2Hf2Si2. The molecule has 6 heteroatoms. The topological polar surface area (TPSA) is 0 Å². The molecule has 0 saturated carbocycles. The van der Waals surface area contributed by atoms with Crippen LogP contribution in [0.4, 0.5) is 0 Å². The SMILES string of the molecule is C1=CC[C]([Hf]([c]2cccc3c2Cc2ccccc2-3)=[Si](c2ccccc2)c2ccccc2)=C1.C1=CC[C]([Hf]([c]2cccc3c2Cc2ccccc2-3)=[Si](c2ccccc2)c2ccccc2)=C1.Cl.Cl. The predicted molar refractivity (Wildman–Crippen MR) is 283 cm³/mol. The van der Waals surface area contributed by atoms with Gasteiger partial charge >= 0.3 is 398 Å². The second-order valence-electron chi connectivity index (χ2n) is 16.9. The van der Waals surface area contributed by atoms with Gasteiger partial charge in [-0.1, -0.05) is 0 Å². The Kier molecular flexibility index (Phi) is 15.3. The van der Waals surface area contributed by atoms with Crippen LogP contribution in [0.15, 0.2) is 249 Å². The van der Waals surface area contributed by atoms with Crippen molar-refractivity contribution in [2.45, 2.75) is 25.7 Å². The molecule has 0 unspecified atom stereocenters. The molecule has 4 aliphatic rings. The second-order valence-corrected chi connectivity index (χ2v) is 53.6. The van der Waals surface area contributed by atoms with Crippen molar-refractivity contribution in [1.29, 1.82) is 0 Å². The minimum atomic E-state index is -2.50. The first-order valence-electron chi connectivity index (χ1n) is 22.6. The Labute approximate surface area is 418 Å². The van der Waals surface area contributed by atoms with E-state index in [0.29, 0.717) is 0 Å². The summed E-state index contributed by atoms with van der Waals surface area (Å²) in [6, 6.07) is 78.1. The average Bonchev–Trinajstić information content (AvgIpc) is 4.21. The molecule has 0 aromatic heterocycles. The molecule has 0 amide bonds. The van der Waals surface area contributed by atoms with Gasteiger partial charge in [0.15, 0.2) is 0 Å². The van der Waals surface area contributed by atoms with Gasteiger partial charge in [0.25, 0.3) is 0 Å². The number of hydrogen-bond donors (Lipinski definition) is 0. The van der Waals surface area contributed by atoms with Gasteiger partial charge in [0.05, 0.1) is 0 Å². The van der Waals surface area contributed by atoms with Crippen LogP contribution in [0.3, 0.4) is 0 Å². The summed E-state index contributed by atoms with van der Waals surface area (Å²) in [6.45, 7) is 0. The maximum absolute atomic E-state index is 2.50. The van der Waals surface area contributed by atoms with Crippen LogP contribution in [-0.4, -0.2) is 11.0 Å². The summed E-state index contributed by atoms with van der Waals surface area (Å²) in [6.07, 6.45) is 18.8. The van der Waals surface area contributed by atoms with Crippen molar-refractivity contribution >= 4 is 63.2 Å². The summed E-state index contributed by atoms with van der Waals surface area (Å²) in [4.78, 5) is 0. The molecule has 0 atom stereocenters. The number of allylic oxidation sites excluding steroid dienone is 8. The fourth-order valence-corrected chi connectivity index (χ4v) is 67.0. The zero-order valence-corrected chi connectivity index (χ0v) is 47.6. The molecular weight excluding hydrogens is 1200 g/mol. The van der Waals surface area contributed by atoms with Gasteiger partial charge in [-0.2, -0.15) is 0 Å². The van der Waals surface area contributed by atoms with Gasteiger partial charge in [0, 0.05) is 0 Å². The first-order chi connectivity index (χ1) is 31.8. The van der Waals surface area contributed by atoms with E-state index in [9.17, 15) is 0 Å². The van der Waals surface area contributed by atoms with Crippen molar-refractivity contribution in [2.24, 2.45) is 0 Å². The summed E-state index contributed by atoms with van der Waals surface area (Å²) in [5, 5.41) is 6.30. The molecule has 0 N–H and O–H groups in total. The van der Waals surface area contributed by atoms with Gasteiger partial charge in [0.2, 0.25) is 0 Å². The third-order valence-corrected chi connectivity index (χ3v) is 65.2. The van der Waals surface area contributed by atoms with E-state index >= 15 is 0 Å². The Bertz CT molecular complexity index is 2940. The zero-order valence-electron chi connectivity index (χ0n) is 36.7. The second kappa shape index (κ2) is 21.6. The molecule has 12 rings (SSSR count). The van der Waals surface area contributed by atoms with E-state index in [2.05, 4.69) is 243 Å². The van der Waals surface area contributed by atoms with Crippen LogP contribution in [0.2, 0.25) is 0 Å². The van der Waals surface area contributed by atoms with Crippen LogP contribution in [0.1, 0.15) is 35.1 Å². The summed E-state index contributed by atoms with van der Waals surface area (Å²) in [5.74, 6) is 0. The van der Waals surface area contributed by atoms with Gasteiger partial charge in [-0.25, -0.2) is 0 Å². The van der Waals surface area contributed by atoms with E-state index in [4.69, 9.17) is 0 Å². The van der Waals surface area contributed by atoms with Crippen LogP contribution >= 0.6 is 24.8 Å². The molecule has 0 spiro atoms. The number of fused-ring (bicyclic) bond motifs is 6. The monoisotopic (exact) mass is 1260 g/mol. The maximum Gasteiger partial charge on any atom is -0.147 e. The first kappa shape index (κ1) is 46.6.